The number of nitrogens with zero attached hydrogens (tertiary/aromatic N) is 3. The van der Waals surface area contributed by atoms with Crippen LogP contribution in [0.3, 0.4) is 0 Å². The zero-order valence-electron chi connectivity index (χ0n) is 23.4. The minimum atomic E-state index is -1.07. The van der Waals surface area contributed by atoms with E-state index in [0.29, 0.717) is 32.5 Å². The second-order valence-electron chi connectivity index (χ2n) is 11.3. The maximum atomic E-state index is 14.4. The topological polar surface area (TPSA) is 90.4 Å². The molecule has 3 saturated heterocycles. The summed E-state index contributed by atoms with van der Waals surface area (Å²) in [6.45, 7) is 18.7. The van der Waals surface area contributed by atoms with E-state index in [2.05, 4.69) is 20.1 Å². The largest absolute Gasteiger partial charge is 0.394 e. The molecule has 3 aliphatic heterocycles. The molecule has 3 aliphatic rings. The SMILES string of the molecule is C=CCN(CCC)C(=O)[C@@H]1[C@H]2C(=O)N([C@@H](CO)C(C)C)C(C(=O)N(CC=C)C(C)CCC)C23CC[C@H]1O3. The number of fused-ring (bicyclic) bond motifs is 1. The highest BCUT2D eigenvalue weighted by atomic mass is 16.5. The van der Waals surface area contributed by atoms with Gasteiger partial charge in [0, 0.05) is 25.7 Å². The van der Waals surface area contributed by atoms with E-state index >= 15 is 0 Å². The smallest absolute Gasteiger partial charge is 0.248 e. The summed E-state index contributed by atoms with van der Waals surface area (Å²) in [5.74, 6) is -1.99. The summed E-state index contributed by atoms with van der Waals surface area (Å²) in [5.41, 5.74) is -1.07. The maximum Gasteiger partial charge on any atom is 0.248 e. The van der Waals surface area contributed by atoms with Crippen LogP contribution in [0.5, 0.6) is 0 Å². The summed E-state index contributed by atoms with van der Waals surface area (Å²) in [4.78, 5) is 47.7. The average Bonchev–Trinajstić information content (AvgIpc) is 3.50. The monoisotopic (exact) mass is 517 g/mol. The van der Waals surface area contributed by atoms with Crippen molar-refractivity contribution in [3.63, 3.8) is 0 Å². The Morgan fingerprint density at radius 3 is 2.38 bits per heavy atom. The van der Waals surface area contributed by atoms with E-state index in [1.165, 1.54) is 0 Å². The molecule has 37 heavy (non-hydrogen) atoms. The molecular formula is C29H47N3O5. The summed E-state index contributed by atoms with van der Waals surface area (Å²) in [6.07, 6.45) is 6.72. The van der Waals surface area contributed by atoms with E-state index in [-0.39, 0.29) is 36.3 Å². The standard InChI is InChI=1S/C29H47N3O5/c1-8-12-20(7)31(17-11-4)28(36)25-29-14-13-22(37-29)23(26(34)30(15-9-2)16-10-3)24(29)27(35)32(25)21(18-33)19(5)6/h9,11,19-25,33H,2,4,8,10,12-18H2,1,3,5-7H3/t20?,21-,22+,23-,24-,25?,29?/m0/s1. The quantitative estimate of drug-likeness (QED) is 0.358. The second kappa shape index (κ2) is 12.1. The Bertz CT molecular complexity index is 876. The Kier molecular flexibility index (Phi) is 9.62. The number of amides is 3. The third-order valence-corrected chi connectivity index (χ3v) is 8.57. The third kappa shape index (κ3) is 4.99. The number of carbonyl (C=O) groups is 3. The first kappa shape index (κ1) is 29.4. The molecule has 3 rings (SSSR count). The van der Waals surface area contributed by atoms with Crippen molar-refractivity contribution < 1.29 is 24.2 Å². The molecule has 0 aliphatic carbocycles. The van der Waals surface area contributed by atoms with Gasteiger partial charge in [-0.2, -0.15) is 0 Å². The molecule has 0 radical (unpaired) electrons. The van der Waals surface area contributed by atoms with Gasteiger partial charge in [0.2, 0.25) is 17.7 Å². The Morgan fingerprint density at radius 1 is 1.16 bits per heavy atom. The zero-order valence-corrected chi connectivity index (χ0v) is 23.4. The molecule has 3 heterocycles. The highest BCUT2D eigenvalue weighted by molar-refractivity contribution is 5.99. The fourth-order valence-electron chi connectivity index (χ4n) is 6.91. The summed E-state index contributed by atoms with van der Waals surface area (Å²) in [7, 11) is 0. The average molecular weight is 518 g/mol. The predicted molar refractivity (Wildman–Crippen MR) is 144 cm³/mol. The van der Waals surface area contributed by atoms with E-state index < -0.39 is 35.6 Å². The number of hydrogen-bond donors (Lipinski definition) is 1. The summed E-state index contributed by atoms with van der Waals surface area (Å²) < 4.78 is 6.61. The van der Waals surface area contributed by atoms with Crippen LogP contribution in [0.25, 0.3) is 0 Å². The van der Waals surface area contributed by atoms with Crippen LogP contribution in [0.2, 0.25) is 0 Å². The van der Waals surface area contributed by atoms with Crippen molar-refractivity contribution in [1.82, 2.24) is 14.7 Å². The number of aliphatic hydroxyl groups is 1. The van der Waals surface area contributed by atoms with E-state index in [9.17, 15) is 19.5 Å². The minimum absolute atomic E-state index is 0.0433. The molecule has 0 aromatic rings. The predicted octanol–water partition coefficient (Wildman–Crippen LogP) is 3.01. The first-order chi connectivity index (χ1) is 17.6. The highest BCUT2D eigenvalue weighted by Crippen LogP contribution is 2.59. The highest BCUT2D eigenvalue weighted by Gasteiger charge is 2.75. The van der Waals surface area contributed by atoms with Gasteiger partial charge in [0.25, 0.3) is 0 Å². The van der Waals surface area contributed by atoms with Gasteiger partial charge >= 0.3 is 0 Å². The van der Waals surface area contributed by atoms with Crippen molar-refractivity contribution in [2.45, 2.75) is 96.6 Å². The van der Waals surface area contributed by atoms with Gasteiger partial charge in [0.1, 0.15) is 11.6 Å². The van der Waals surface area contributed by atoms with Crippen molar-refractivity contribution in [3.8, 4) is 0 Å². The van der Waals surface area contributed by atoms with Crippen LogP contribution in [0, 0.1) is 17.8 Å². The number of ether oxygens (including phenoxy) is 1. The van der Waals surface area contributed by atoms with Gasteiger partial charge in [-0.25, -0.2) is 0 Å². The lowest BCUT2D eigenvalue weighted by Crippen LogP contribution is -2.60. The Labute approximate surface area is 222 Å². The number of rotatable bonds is 14. The molecule has 1 N–H and O–H groups in total. The van der Waals surface area contributed by atoms with Crippen molar-refractivity contribution >= 4 is 17.7 Å². The molecule has 2 bridgehead atoms. The molecule has 8 heteroatoms. The Hall–Kier alpha value is -2.19. The molecule has 208 valence electrons. The summed E-state index contributed by atoms with van der Waals surface area (Å²) in [6, 6.07) is -1.48. The molecule has 0 saturated carbocycles. The number of likely N-dealkylation sites (tertiary alicyclic amines) is 1. The van der Waals surface area contributed by atoms with Crippen LogP contribution in [0.1, 0.15) is 66.7 Å². The van der Waals surface area contributed by atoms with Crippen LogP contribution in [-0.4, -0.2) is 93.6 Å². The lowest BCUT2D eigenvalue weighted by atomic mass is 9.70. The van der Waals surface area contributed by atoms with E-state index in [4.69, 9.17) is 4.74 Å². The van der Waals surface area contributed by atoms with Gasteiger partial charge in [-0.3, -0.25) is 14.4 Å². The van der Waals surface area contributed by atoms with Crippen molar-refractivity contribution in [1.29, 1.82) is 0 Å². The van der Waals surface area contributed by atoms with Crippen LogP contribution < -0.4 is 0 Å². The van der Waals surface area contributed by atoms with Crippen LogP contribution in [0.15, 0.2) is 25.3 Å². The van der Waals surface area contributed by atoms with Gasteiger partial charge < -0.3 is 24.5 Å². The fourth-order valence-corrected chi connectivity index (χ4v) is 6.91. The van der Waals surface area contributed by atoms with Gasteiger partial charge in [0.05, 0.1) is 30.6 Å². The number of carbonyl (C=O) groups excluding carboxylic acids is 3. The molecule has 3 fully saturated rings. The van der Waals surface area contributed by atoms with Crippen molar-refractivity contribution in [2.24, 2.45) is 17.8 Å². The third-order valence-electron chi connectivity index (χ3n) is 8.57. The lowest BCUT2D eigenvalue weighted by molar-refractivity contribution is -0.154. The normalized spacial score (nSPS) is 29.8. The van der Waals surface area contributed by atoms with Crippen molar-refractivity contribution in [2.75, 3.05) is 26.2 Å². The summed E-state index contributed by atoms with van der Waals surface area (Å²) in [5, 5.41) is 10.4. The van der Waals surface area contributed by atoms with E-state index in [0.717, 1.165) is 19.3 Å². The molecule has 8 nitrogen and oxygen atoms in total. The van der Waals surface area contributed by atoms with Crippen LogP contribution >= 0.6 is 0 Å². The van der Waals surface area contributed by atoms with Gasteiger partial charge in [0.15, 0.2) is 0 Å². The second-order valence-corrected chi connectivity index (χ2v) is 11.3. The fraction of sp³-hybridized carbons (Fsp3) is 0.759. The van der Waals surface area contributed by atoms with Crippen LogP contribution in [-0.2, 0) is 19.1 Å². The molecular weight excluding hydrogens is 470 g/mol. The molecule has 3 unspecified atom stereocenters. The lowest BCUT2D eigenvalue weighted by Gasteiger charge is -2.41. The number of aliphatic hydroxyl groups excluding tert-OH is 1. The molecule has 7 atom stereocenters. The minimum Gasteiger partial charge on any atom is -0.394 e. The molecule has 0 aromatic carbocycles. The first-order valence-electron chi connectivity index (χ1n) is 14.1. The maximum absolute atomic E-state index is 14.4. The summed E-state index contributed by atoms with van der Waals surface area (Å²) >= 11 is 0. The number of hydrogen-bond acceptors (Lipinski definition) is 5. The molecule has 3 amide bonds. The molecule has 1 spiro atoms. The van der Waals surface area contributed by atoms with E-state index in [1.54, 1.807) is 26.9 Å². The van der Waals surface area contributed by atoms with Gasteiger partial charge in [-0.05, 0) is 38.5 Å². The van der Waals surface area contributed by atoms with Crippen LogP contribution in [0.4, 0.5) is 0 Å². The Morgan fingerprint density at radius 2 is 1.84 bits per heavy atom. The zero-order chi connectivity index (χ0) is 27.5. The van der Waals surface area contributed by atoms with Gasteiger partial charge in [-0.15, -0.1) is 13.2 Å². The van der Waals surface area contributed by atoms with Gasteiger partial charge in [-0.1, -0.05) is 46.3 Å². The van der Waals surface area contributed by atoms with E-state index in [1.807, 2.05) is 27.7 Å². The molecule has 0 aromatic heterocycles. The van der Waals surface area contributed by atoms with Crippen molar-refractivity contribution in [3.05, 3.63) is 25.3 Å². The Balaban J connectivity index is 2.11. The first-order valence-corrected chi connectivity index (χ1v) is 14.1.